The van der Waals surface area contributed by atoms with Crippen LogP contribution in [0.1, 0.15) is 12.8 Å². The summed E-state index contributed by atoms with van der Waals surface area (Å²) in [6.45, 7) is 1.12. The van der Waals surface area contributed by atoms with Crippen LogP contribution in [0.5, 0.6) is 0 Å². The second-order valence-corrected chi connectivity index (χ2v) is 7.02. The Morgan fingerprint density at radius 1 is 1.32 bits per heavy atom. The Morgan fingerprint density at radius 3 is 2.79 bits per heavy atom. The van der Waals surface area contributed by atoms with Crippen LogP contribution >= 0.6 is 0 Å². The Labute approximate surface area is 160 Å². The maximum Gasteiger partial charge on any atom is 0.332 e. The molecule has 0 aliphatic carbocycles. The van der Waals surface area contributed by atoms with Crippen LogP contribution in [0.4, 0.5) is 0 Å². The van der Waals surface area contributed by atoms with Crippen LogP contribution in [0.2, 0.25) is 0 Å². The third-order valence-electron chi connectivity index (χ3n) is 5.08. The third-order valence-corrected chi connectivity index (χ3v) is 5.08. The van der Waals surface area contributed by atoms with E-state index < -0.39 is 11.2 Å². The van der Waals surface area contributed by atoms with Crippen molar-refractivity contribution in [1.29, 1.82) is 0 Å². The largest absolute Gasteiger partial charge is 0.355 e. The van der Waals surface area contributed by atoms with Crippen molar-refractivity contribution in [3.8, 4) is 0 Å². The van der Waals surface area contributed by atoms with Crippen molar-refractivity contribution in [3.63, 3.8) is 0 Å². The smallest absolute Gasteiger partial charge is 0.332 e. The molecule has 1 fully saturated rings. The molecule has 0 spiro atoms. The number of nitrogens with zero attached hydrogens (tertiary/aromatic N) is 5. The van der Waals surface area contributed by atoms with Gasteiger partial charge in [0.2, 0.25) is 11.8 Å². The number of hydrogen-bond acceptors (Lipinski definition) is 6. The summed E-state index contributed by atoms with van der Waals surface area (Å²) < 4.78 is 3.70. The van der Waals surface area contributed by atoms with Gasteiger partial charge >= 0.3 is 5.69 Å². The fourth-order valence-electron chi connectivity index (χ4n) is 3.53. The third kappa shape index (κ3) is 3.57. The molecule has 3 heterocycles. The fraction of sp³-hybridized carbons (Fsp3) is 0.588. The molecule has 152 valence electrons. The first-order chi connectivity index (χ1) is 13.3. The fourth-order valence-corrected chi connectivity index (χ4v) is 3.53. The molecular formula is C17H25N7O4. The Bertz CT molecular complexity index is 1020. The molecule has 2 amide bonds. The molecule has 11 heteroatoms. The molecule has 3 rings (SSSR count). The van der Waals surface area contributed by atoms with Gasteiger partial charge in [-0.1, -0.05) is 0 Å². The summed E-state index contributed by atoms with van der Waals surface area (Å²) in [7, 11) is 3.17. The molecule has 0 saturated carbocycles. The molecule has 1 aliphatic heterocycles. The predicted molar refractivity (Wildman–Crippen MR) is 102 cm³/mol. The number of piperidine rings is 1. The number of aryl methyl sites for hydroxylation is 2. The van der Waals surface area contributed by atoms with Crippen molar-refractivity contribution in [3.05, 3.63) is 27.2 Å². The van der Waals surface area contributed by atoms with Crippen LogP contribution in [-0.4, -0.2) is 61.6 Å². The van der Waals surface area contributed by atoms with Crippen molar-refractivity contribution >= 4 is 23.0 Å². The summed E-state index contributed by atoms with van der Waals surface area (Å²) in [5.74, 6) is -0.812. The van der Waals surface area contributed by atoms with E-state index in [9.17, 15) is 19.2 Å². The van der Waals surface area contributed by atoms with Crippen molar-refractivity contribution in [2.75, 3.05) is 26.2 Å². The highest BCUT2D eigenvalue weighted by Gasteiger charge is 2.29. The highest BCUT2D eigenvalue weighted by molar-refractivity contribution is 5.81. The lowest BCUT2D eigenvalue weighted by molar-refractivity contribution is -0.136. The van der Waals surface area contributed by atoms with Crippen LogP contribution in [0.15, 0.2) is 15.9 Å². The molecule has 11 nitrogen and oxygen atoms in total. The lowest BCUT2D eigenvalue weighted by Gasteiger charge is -2.32. The average molecular weight is 391 g/mol. The van der Waals surface area contributed by atoms with Crippen LogP contribution in [0.25, 0.3) is 11.2 Å². The Kier molecular flexibility index (Phi) is 5.63. The van der Waals surface area contributed by atoms with Crippen molar-refractivity contribution < 1.29 is 9.59 Å². The normalized spacial score (nSPS) is 17.1. The number of amides is 2. The molecule has 2 aromatic heterocycles. The van der Waals surface area contributed by atoms with E-state index in [0.29, 0.717) is 32.5 Å². The maximum atomic E-state index is 12.8. The van der Waals surface area contributed by atoms with Crippen molar-refractivity contribution in [1.82, 2.24) is 28.9 Å². The summed E-state index contributed by atoms with van der Waals surface area (Å²) >= 11 is 0. The Hall–Kier alpha value is -2.95. The van der Waals surface area contributed by atoms with Gasteiger partial charge in [-0.2, -0.15) is 0 Å². The first-order valence-electron chi connectivity index (χ1n) is 9.21. The van der Waals surface area contributed by atoms with E-state index in [0.717, 1.165) is 4.57 Å². The number of imidazole rings is 1. The van der Waals surface area contributed by atoms with Gasteiger partial charge in [0.1, 0.15) is 6.54 Å². The highest BCUT2D eigenvalue weighted by Crippen LogP contribution is 2.17. The molecule has 28 heavy (non-hydrogen) atoms. The van der Waals surface area contributed by atoms with Gasteiger partial charge in [0.15, 0.2) is 11.2 Å². The topological polar surface area (TPSA) is 137 Å². The number of nitrogens with two attached hydrogens (primary N) is 1. The number of fused-ring (bicyclic) bond motifs is 1. The first-order valence-corrected chi connectivity index (χ1v) is 9.21. The minimum Gasteiger partial charge on any atom is -0.355 e. The van der Waals surface area contributed by atoms with Gasteiger partial charge in [-0.05, 0) is 12.8 Å². The predicted octanol–water partition coefficient (Wildman–Crippen LogP) is -2.25. The molecule has 0 radical (unpaired) electrons. The quantitative estimate of drug-likeness (QED) is 0.591. The zero-order chi connectivity index (χ0) is 20.4. The monoisotopic (exact) mass is 391 g/mol. The molecular weight excluding hydrogens is 366 g/mol. The zero-order valence-corrected chi connectivity index (χ0v) is 16.1. The minimum atomic E-state index is -0.598. The van der Waals surface area contributed by atoms with Crippen LogP contribution in [0.3, 0.4) is 0 Å². The summed E-state index contributed by atoms with van der Waals surface area (Å²) in [6.07, 6.45) is 2.82. The summed E-state index contributed by atoms with van der Waals surface area (Å²) in [5, 5.41) is 2.74. The lowest BCUT2D eigenvalue weighted by atomic mass is 9.97. The van der Waals surface area contributed by atoms with E-state index in [1.807, 2.05) is 0 Å². The molecule has 3 N–H and O–H groups in total. The van der Waals surface area contributed by atoms with E-state index in [1.54, 1.807) is 7.05 Å². The SMILES string of the molecule is Cn1cnc2c1c(=O)n(CC(=O)N1CCCC(C(=O)NCCN)C1)c(=O)n2C. The summed E-state index contributed by atoms with van der Waals surface area (Å²) in [4.78, 5) is 55.8. The van der Waals surface area contributed by atoms with E-state index in [-0.39, 0.29) is 42.0 Å². The Morgan fingerprint density at radius 2 is 2.07 bits per heavy atom. The van der Waals surface area contributed by atoms with Crippen molar-refractivity contribution in [2.24, 2.45) is 25.7 Å². The van der Waals surface area contributed by atoms with E-state index >= 15 is 0 Å². The second kappa shape index (κ2) is 7.97. The number of rotatable bonds is 5. The highest BCUT2D eigenvalue weighted by atomic mass is 16.2. The molecule has 1 atom stereocenters. The van der Waals surface area contributed by atoms with Gasteiger partial charge in [0.25, 0.3) is 5.56 Å². The second-order valence-electron chi connectivity index (χ2n) is 7.02. The lowest BCUT2D eigenvalue weighted by Crippen LogP contribution is -2.49. The molecule has 1 aliphatic rings. The Balaban J connectivity index is 1.81. The molecule has 1 saturated heterocycles. The van der Waals surface area contributed by atoms with Crippen molar-refractivity contribution in [2.45, 2.75) is 19.4 Å². The van der Waals surface area contributed by atoms with Crippen LogP contribution in [-0.2, 0) is 30.2 Å². The van der Waals surface area contributed by atoms with Gasteiger partial charge in [-0.15, -0.1) is 0 Å². The van der Waals surface area contributed by atoms with E-state index in [4.69, 9.17) is 5.73 Å². The van der Waals surface area contributed by atoms with Crippen LogP contribution in [0, 0.1) is 5.92 Å². The summed E-state index contributed by atoms with van der Waals surface area (Å²) in [6, 6.07) is 0. The maximum absolute atomic E-state index is 12.8. The zero-order valence-electron chi connectivity index (χ0n) is 16.1. The standard InChI is InChI=1S/C17H25N7O4/c1-21-10-20-14-13(21)16(27)24(17(28)22(14)2)9-12(25)23-7-3-4-11(8-23)15(26)19-6-5-18/h10-11H,3-9,18H2,1-2H3,(H,19,26). The molecule has 0 aromatic carbocycles. The van der Waals surface area contributed by atoms with E-state index in [2.05, 4.69) is 10.3 Å². The van der Waals surface area contributed by atoms with Gasteiger partial charge in [-0.25, -0.2) is 14.3 Å². The molecule has 0 bridgehead atoms. The number of carbonyl (C=O) groups is 2. The number of aromatic nitrogens is 4. The molecule has 1 unspecified atom stereocenters. The van der Waals surface area contributed by atoms with Gasteiger partial charge in [0.05, 0.1) is 12.2 Å². The van der Waals surface area contributed by atoms with E-state index in [1.165, 1.54) is 27.4 Å². The number of hydrogen-bond donors (Lipinski definition) is 2. The number of nitrogens with one attached hydrogen (secondary N) is 1. The van der Waals surface area contributed by atoms with Gasteiger partial charge in [-0.3, -0.25) is 19.0 Å². The number of likely N-dealkylation sites (tertiary alicyclic amines) is 1. The number of carbonyl (C=O) groups excluding carboxylic acids is 2. The van der Waals surface area contributed by atoms with Crippen LogP contribution < -0.4 is 22.3 Å². The molecule has 2 aromatic rings. The van der Waals surface area contributed by atoms with Gasteiger partial charge < -0.3 is 20.5 Å². The minimum absolute atomic E-state index is 0.132. The first kappa shape index (κ1) is 19.8. The van der Waals surface area contributed by atoms with Gasteiger partial charge in [0, 0.05) is 40.3 Å². The average Bonchev–Trinajstić information content (AvgIpc) is 3.09. The summed E-state index contributed by atoms with van der Waals surface area (Å²) in [5.41, 5.74) is 4.78.